The lowest BCUT2D eigenvalue weighted by molar-refractivity contribution is -0.0865. The Kier molecular flexibility index (Phi) is 3.76. The average molecular weight is 281 g/mol. The number of aryl methyl sites for hydroxylation is 2. The standard InChI is InChI=1S/C14H23N3OS/c1-11-13(10-17(2)16-11)15-12-3-6-18-14(9-12)4-7-19-8-5-14/h10,12,15H,3-9H2,1-2H3. The van der Waals surface area contributed by atoms with Crippen LogP contribution in [0.2, 0.25) is 0 Å². The minimum absolute atomic E-state index is 0.150. The largest absolute Gasteiger partial charge is 0.379 e. The Morgan fingerprint density at radius 2 is 2.26 bits per heavy atom. The molecule has 0 amide bonds. The maximum Gasteiger partial charge on any atom is 0.0825 e. The molecular weight excluding hydrogens is 258 g/mol. The van der Waals surface area contributed by atoms with E-state index in [-0.39, 0.29) is 5.60 Å². The smallest absolute Gasteiger partial charge is 0.0825 e. The van der Waals surface area contributed by atoms with Crippen LogP contribution in [0.25, 0.3) is 0 Å². The maximum atomic E-state index is 6.14. The van der Waals surface area contributed by atoms with Gasteiger partial charge < -0.3 is 10.1 Å². The zero-order chi connectivity index (χ0) is 13.3. The molecule has 106 valence electrons. The van der Waals surface area contributed by atoms with Crippen molar-refractivity contribution in [1.29, 1.82) is 0 Å². The normalized spacial score (nSPS) is 26.5. The summed E-state index contributed by atoms with van der Waals surface area (Å²) in [6, 6.07) is 0.528. The second-order valence-electron chi connectivity index (χ2n) is 5.78. The lowest BCUT2D eigenvalue weighted by Crippen LogP contribution is -2.46. The van der Waals surface area contributed by atoms with Crippen molar-refractivity contribution in [2.75, 3.05) is 23.4 Å². The first-order valence-electron chi connectivity index (χ1n) is 7.15. The molecular formula is C14H23N3OS. The highest BCUT2D eigenvalue weighted by molar-refractivity contribution is 7.99. The van der Waals surface area contributed by atoms with E-state index in [1.165, 1.54) is 30.0 Å². The van der Waals surface area contributed by atoms with E-state index < -0.39 is 0 Å². The Hall–Kier alpha value is -0.680. The SMILES string of the molecule is Cc1nn(C)cc1NC1CCOC2(CCSCC2)C1. The second-order valence-corrected chi connectivity index (χ2v) is 7.00. The van der Waals surface area contributed by atoms with Crippen LogP contribution in [0.5, 0.6) is 0 Å². The van der Waals surface area contributed by atoms with Crippen molar-refractivity contribution in [3.8, 4) is 0 Å². The molecule has 1 aromatic heterocycles. The third-order valence-electron chi connectivity index (χ3n) is 4.27. The molecule has 5 heteroatoms. The van der Waals surface area contributed by atoms with Gasteiger partial charge in [-0.25, -0.2) is 0 Å². The van der Waals surface area contributed by atoms with Gasteiger partial charge in [0.2, 0.25) is 0 Å². The molecule has 2 aliphatic heterocycles. The fraction of sp³-hybridized carbons (Fsp3) is 0.786. The quantitative estimate of drug-likeness (QED) is 0.904. The first-order valence-corrected chi connectivity index (χ1v) is 8.31. The van der Waals surface area contributed by atoms with Crippen LogP contribution in [-0.2, 0) is 11.8 Å². The first kappa shape index (κ1) is 13.3. The third-order valence-corrected chi connectivity index (χ3v) is 5.26. The van der Waals surface area contributed by atoms with Crippen LogP contribution in [0.4, 0.5) is 5.69 Å². The van der Waals surface area contributed by atoms with Gasteiger partial charge in [-0.1, -0.05) is 0 Å². The fourth-order valence-corrected chi connectivity index (χ4v) is 4.44. The van der Waals surface area contributed by atoms with Gasteiger partial charge >= 0.3 is 0 Å². The minimum atomic E-state index is 0.150. The van der Waals surface area contributed by atoms with Gasteiger partial charge in [-0.3, -0.25) is 4.68 Å². The number of nitrogens with one attached hydrogen (secondary N) is 1. The maximum absolute atomic E-state index is 6.14. The highest BCUT2D eigenvalue weighted by Crippen LogP contribution is 2.38. The molecule has 1 unspecified atom stereocenters. The molecule has 0 aliphatic carbocycles. The summed E-state index contributed by atoms with van der Waals surface area (Å²) in [5.74, 6) is 2.50. The fourth-order valence-electron chi connectivity index (χ4n) is 3.20. The predicted molar refractivity (Wildman–Crippen MR) is 79.8 cm³/mol. The molecule has 1 N–H and O–H groups in total. The first-order chi connectivity index (χ1) is 9.17. The van der Waals surface area contributed by atoms with Gasteiger partial charge in [0.25, 0.3) is 0 Å². The summed E-state index contributed by atoms with van der Waals surface area (Å²) in [7, 11) is 1.97. The van der Waals surface area contributed by atoms with Gasteiger partial charge in [0, 0.05) is 25.9 Å². The van der Waals surface area contributed by atoms with E-state index >= 15 is 0 Å². The molecule has 19 heavy (non-hydrogen) atoms. The van der Waals surface area contributed by atoms with Gasteiger partial charge in [-0.2, -0.15) is 16.9 Å². The molecule has 0 radical (unpaired) electrons. The van der Waals surface area contributed by atoms with E-state index in [1.54, 1.807) is 0 Å². The summed E-state index contributed by atoms with van der Waals surface area (Å²) >= 11 is 2.06. The molecule has 0 saturated carbocycles. The molecule has 1 aromatic rings. The summed E-state index contributed by atoms with van der Waals surface area (Å²) in [4.78, 5) is 0. The number of rotatable bonds is 2. The summed E-state index contributed by atoms with van der Waals surface area (Å²) in [6.07, 6.45) is 6.74. The van der Waals surface area contributed by atoms with Crippen LogP contribution in [0.3, 0.4) is 0 Å². The Labute approximate surface area is 119 Å². The van der Waals surface area contributed by atoms with E-state index in [4.69, 9.17) is 4.74 Å². The van der Waals surface area contributed by atoms with Crippen molar-refractivity contribution in [2.24, 2.45) is 7.05 Å². The van der Waals surface area contributed by atoms with E-state index in [1.807, 2.05) is 11.7 Å². The van der Waals surface area contributed by atoms with Gasteiger partial charge in [0.05, 0.1) is 17.0 Å². The monoisotopic (exact) mass is 281 g/mol. The van der Waals surface area contributed by atoms with Crippen molar-refractivity contribution in [2.45, 2.75) is 44.2 Å². The van der Waals surface area contributed by atoms with Crippen LogP contribution in [0, 0.1) is 6.92 Å². The number of anilines is 1. The van der Waals surface area contributed by atoms with Crippen LogP contribution in [0.15, 0.2) is 6.20 Å². The van der Waals surface area contributed by atoms with Crippen molar-refractivity contribution in [3.63, 3.8) is 0 Å². The minimum Gasteiger partial charge on any atom is -0.379 e. The number of nitrogens with zero attached hydrogens (tertiary/aromatic N) is 2. The Bertz CT molecular complexity index is 434. The number of thioether (sulfide) groups is 1. The van der Waals surface area contributed by atoms with E-state index in [0.29, 0.717) is 6.04 Å². The van der Waals surface area contributed by atoms with Crippen molar-refractivity contribution in [3.05, 3.63) is 11.9 Å². The summed E-state index contributed by atoms with van der Waals surface area (Å²) in [5, 5.41) is 8.07. The zero-order valence-corrected chi connectivity index (χ0v) is 12.6. The molecule has 2 fully saturated rings. The van der Waals surface area contributed by atoms with Crippen LogP contribution >= 0.6 is 11.8 Å². The molecule has 4 nitrogen and oxygen atoms in total. The Morgan fingerprint density at radius 1 is 1.47 bits per heavy atom. The van der Waals surface area contributed by atoms with Gasteiger partial charge in [-0.05, 0) is 44.1 Å². The molecule has 0 bridgehead atoms. The van der Waals surface area contributed by atoms with E-state index in [2.05, 4.69) is 35.3 Å². The van der Waals surface area contributed by atoms with Crippen molar-refractivity contribution < 1.29 is 4.74 Å². The molecule has 2 aliphatic rings. The third kappa shape index (κ3) is 2.92. The van der Waals surface area contributed by atoms with E-state index in [0.717, 1.165) is 25.1 Å². The molecule has 2 saturated heterocycles. The lowest BCUT2D eigenvalue weighted by Gasteiger charge is -2.43. The molecule has 3 rings (SSSR count). The van der Waals surface area contributed by atoms with Crippen LogP contribution < -0.4 is 5.32 Å². The highest BCUT2D eigenvalue weighted by Gasteiger charge is 2.38. The van der Waals surface area contributed by atoms with Crippen LogP contribution in [0.1, 0.15) is 31.4 Å². The van der Waals surface area contributed by atoms with Crippen LogP contribution in [-0.4, -0.2) is 39.5 Å². The van der Waals surface area contributed by atoms with Crippen molar-refractivity contribution >= 4 is 17.4 Å². The second kappa shape index (κ2) is 5.37. The zero-order valence-electron chi connectivity index (χ0n) is 11.8. The average Bonchev–Trinajstić information content (AvgIpc) is 2.69. The molecule has 1 spiro atoms. The van der Waals surface area contributed by atoms with E-state index in [9.17, 15) is 0 Å². The van der Waals surface area contributed by atoms with Crippen molar-refractivity contribution in [1.82, 2.24) is 9.78 Å². The Balaban J connectivity index is 1.66. The highest BCUT2D eigenvalue weighted by atomic mass is 32.2. The molecule has 3 heterocycles. The summed E-state index contributed by atoms with van der Waals surface area (Å²) in [5.41, 5.74) is 2.41. The summed E-state index contributed by atoms with van der Waals surface area (Å²) < 4.78 is 8.01. The topological polar surface area (TPSA) is 39.1 Å². The number of ether oxygens (including phenoxy) is 1. The van der Waals surface area contributed by atoms with Gasteiger partial charge in [0.1, 0.15) is 0 Å². The number of hydrogen-bond acceptors (Lipinski definition) is 4. The number of hydrogen-bond donors (Lipinski definition) is 1. The lowest BCUT2D eigenvalue weighted by atomic mass is 9.85. The predicted octanol–water partition coefficient (Wildman–Crippen LogP) is 2.59. The van der Waals surface area contributed by atoms with Gasteiger partial charge in [0.15, 0.2) is 0 Å². The molecule has 0 aromatic carbocycles. The Morgan fingerprint density at radius 3 is 2.95 bits per heavy atom. The summed E-state index contributed by atoms with van der Waals surface area (Å²) in [6.45, 7) is 2.95. The molecule has 1 atom stereocenters. The van der Waals surface area contributed by atoms with Gasteiger partial charge in [-0.15, -0.1) is 0 Å². The number of aromatic nitrogens is 2.